The molecule has 3 nitrogen and oxygen atoms in total. The van der Waals surface area contributed by atoms with Crippen molar-refractivity contribution in [3.63, 3.8) is 0 Å². The van der Waals surface area contributed by atoms with E-state index < -0.39 is 0 Å². The molecule has 1 heterocycles. The van der Waals surface area contributed by atoms with Crippen molar-refractivity contribution in [3.05, 3.63) is 64.3 Å². The first-order valence-electron chi connectivity index (χ1n) is 6.32. The predicted molar refractivity (Wildman–Crippen MR) is 86.2 cm³/mol. The quantitative estimate of drug-likeness (QED) is 0.745. The van der Waals surface area contributed by atoms with Crippen molar-refractivity contribution >= 4 is 34.0 Å². The maximum atomic E-state index is 8.78. The largest absolute Gasteiger partial charge is 0.290 e. The van der Waals surface area contributed by atoms with Crippen molar-refractivity contribution in [2.45, 2.75) is 10.1 Å². The molecular weight excluding hydrogens is 298 g/mol. The topological polar surface area (TPSA) is 60.5 Å². The van der Waals surface area contributed by atoms with E-state index in [1.165, 1.54) is 11.3 Å². The first-order valence-corrected chi connectivity index (χ1v) is 8.13. The second-order valence-corrected chi connectivity index (χ2v) is 6.64. The Morgan fingerprint density at radius 3 is 2.67 bits per heavy atom. The van der Waals surface area contributed by atoms with Crippen LogP contribution in [-0.4, -0.2) is 4.98 Å². The van der Waals surface area contributed by atoms with Gasteiger partial charge in [0.25, 0.3) is 0 Å². The maximum absolute atomic E-state index is 8.78. The van der Waals surface area contributed by atoms with Gasteiger partial charge in [-0.05, 0) is 29.8 Å². The van der Waals surface area contributed by atoms with E-state index >= 15 is 0 Å². The van der Waals surface area contributed by atoms with E-state index in [-0.39, 0.29) is 0 Å². The van der Waals surface area contributed by atoms with E-state index in [1.54, 1.807) is 11.8 Å². The van der Waals surface area contributed by atoms with Crippen LogP contribution in [0.2, 0.25) is 0 Å². The monoisotopic (exact) mass is 309 g/mol. The highest BCUT2D eigenvalue weighted by Crippen LogP contribution is 2.24. The Morgan fingerprint density at radius 2 is 1.90 bits per heavy atom. The van der Waals surface area contributed by atoms with Gasteiger partial charge in [-0.15, -0.1) is 0 Å². The predicted octanol–water partition coefficient (Wildman–Crippen LogP) is 3.94. The Morgan fingerprint density at radius 1 is 1.14 bits per heavy atom. The summed E-state index contributed by atoms with van der Waals surface area (Å²) in [5, 5.41) is 17.7. The molecule has 0 amide bonds. The number of hydrogen-bond acceptors (Lipinski definition) is 5. The Bertz CT molecular complexity index is 876. The van der Waals surface area contributed by atoms with Crippen molar-refractivity contribution in [1.29, 1.82) is 10.7 Å². The molecule has 0 bridgehead atoms. The molecule has 0 atom stereocenters. The molecule has 21 heavy (non-hydrogen) atoms. The molecule has 102 valence electrons. The third kappa shape index (κ3) is 3.13. The molecule has 1 N–H and O–H groups in total. The van der Waals surface area contributed by atoms with Crippen molar-refractivity contribution < 1.29 is 0 Å². The highest BCUT2D eigenvalue weighted by Gasteiger charge is 2.03. The Labute approximate surface area is 130 Å². The van der Waals surface area contributed by atoms with Crippen LogP contribution >= 0.6 is 23.1 Å². The molecule has 0 saturated carbocycles. The van der Waals surface area contributed by atoms with Gasteiger partial charge in [0.2, 0.25) is 0 Å². The van der Waals surface area contributed by atoms with Gasteiger partial charge in [-0.1, -0.05) is 47.4 Å². The number of hydrogen-bond donors (Lipinski definition) is 1. The van der Waals surface area contributed by atoms with Gasteiger partial charge in [-0.2, -0.15) is 5.26 Å². The zero-order valence-corrected chi connectivity index (χ0v) is 12.7. The number of thioether (sulfide) groups is 1. The molecule has 1 aromatic heterocycles. The van der Waals surface area contributed by atoms with E-state index in [0.29, 0.717) is 10.2 Å². The summed E-state index contributed by atoms with van der Waals surface area (Å²) in [4.78, 5) is 4.59. The molecule has 0 unspecified atom stereocenters. The number of fused-ring (bicyclic) bond motifs is 1. The Balaban J connectivity index is 1.81. The maximum Gasteiger partial charge on any atom is 0.152 e. The molecule has 0 saturated heterocycles. The minimum atomic E-state index is 0.544. The molecule has 0 aliphatic rings. The number of aromatic nitrogens is 1. The number of nitrogens with one attached hydrogen (secondary N) is 1. The molecule has 0 fully saturated rings. The fourth-order valence-electron chi connectivity index (χ4n) is 1.91. The third-order valence-corrected chi connectivity index (χ3v) is 5.10. The van der Waals surface area contributed by atoms with Crippen LogP contribution in [-0.2, 0) is 5.75 Å². The minimum absolute atomic E-state index is 0.544. The Kier molecular flexibility index (Phi) is 4.00. The van der Waals surface area contributed by atoms with Crippen LogP contribution in [0.4, 0.5) is 0 Å². The second-order valence-electron chi connectivity index (χ2n) is 4.42. The van der Waals surface area contributed by atoms with Gasteiger partial charge in [-0.3, -0.25) is 5.41 Å². The van der Waals surface area contributed by atoms with Crippen molar-refractivity contribution in [3.8, 4) is 6.07 Å². The third-order valence-electron chi connectivity index (χ3n) is 3.00. The summed E-state index contributed by atoms with van der Waals surface area (Å²) in [6, 6.07) is 17.4. The van der Waals surface area contributed by atoms with Gasteiger partial charge in [0.15, 0.2) is 4.34 Å². The van der Waals surface area contributed by atoms with Gasteiger partial charge < -0.3 is 0 Å². The molecule has 3 aromatic rings. The van der Waals surface area contributed by atoms with Crippen LogP contribution in [0, 0.1) is 16.7 Å². The van der Waals surface area contributed by atoms with Crippen LogP contribution in [0.3, 0.4) is 0 Å². The summed E-state index contributed by atoms with van der Waals surface area (Å²) in [5.41, 5.74) is 2.68. The number of para-hydroxylation sites is 1. The number of nitriles is 1. The van der Waals surface area contributed by atoms with Crippen LogP contribution in [0.5, 0.6) is 0 Å². The fraction of sp³-hybridized carbons (Fsp3) is 0.0625. The Hall–Kier alpha value is -2.16. The number of nitrogens with zero attached hydrogens (tertiary/aromatic N) is 2. The summed E-state index contributed by atoms with van der Waals surface area (Å²) in [7, 11) is 0. The number of rotatable bonds is 3. The molecule has 0 radical (unpaired) electrons. The molecule has 2 aromatic carbocycles. The first kappa shape index (κ1) is 13.8. The number of benzene rings is 2. The van der Waals surface area contributed by atoms with Crippen molar-refractivity contribution in [2.75, 3.05) is 0 Å². The van der Waals surface area contributed by atoms with Gasteiger partial charge >= 0.3 is 0 Å². The summed E-state index contributed by atoms with van der Waals surface area (Å²) < 4.78 is 1.44. The summed E-state index contributed by atoms with van der Waals surface area (Å²) in [5.74, 6) is 0.785. The van der Waals surface area contributed by atoms with Crippen LogP contribution < -0.4 is 4.67 Å². The first-order chi connectivity index (χ1) is 10.3. The normalized spacial score (nSPS) is 10.4. The average molecular weight is 309 g/mol. The standard InChI is InChI=1S/C16H11N3S2/c17-9-11-5-7-12(8-6-11)10-20-16-19-14-4-2-1-3-13(14)15(18)21-16/h1-8,18H,10H2. The second kappa shape index (κ2) is 6.08. The van der Waals surface area contributed by atoms with Gasteiger partial charge in [0.05, 0.1) is 17.1 Å². The van der Waals surface area contributed by atoms with Crippen molar-refractivity contribution in [1.82, 2.24) is 4.98 Å². The highest BCUT2D eigenvalue weighted by atomic mass is 32.2. The van der Waals surface area contributed by atoms with E-state index in [4.69, 9.17) is 10.7 Å². The fourth-order valence-corrected chi connectivity index (χ4v) is 3.82. The van der Waals surface area contributed by atoms with Gasteiger partial charge in [-0.25, -0.2) is 4.98 Å². The lowest BCUT2D eigenvalue weighted by Gasteiger charge is -2.03. The van der Waals surface area contributed by atoms with E-state index in [1.807, 2.05) is 48.5 Å². The minimum Gasteiger partial charge on any atom is -0.290 e. The summed E-state index contributed by atoms with van der Waals surface area (Å²) in [6.45, 7) is 0. The lowest BCUT2D eigenvalue weighted by Crippen LogP contribution is -1.98. The average Bonchev–Trinajstić information content (AvgIpc) is 2.53. The van der Waals surface area contributed by atoms with Gasteiger partial charge in [0, 0.05) is 11.1 Å². The van der Waals surface area contributed by atoms with Crippen molar-refractivity contribution in [2.24, 2.45) is 0 Å². The summed E-state index contributed by atoms with van der Waals surface area (Å²) in [6.07, 6.45) is 0. The lowest BCUT2D eigenvalue weighted by atomic mass is 10.2. The molecule has 0 aliphatic carbocycles. The van der Waals surface area contributed by atoms with Crippen LogP contribution in [0.25, 0.3) is 10.9 Å². The van der Waals surface area contributed by atoms with E-state index in [9.17, 15) is 0 Å². The molecule has 3 rings (SSSR count). The van der Waals surface area contributed by atoms with Crippen LogP contribution in [0.1, 0.15) is 11.1 Å². The highest BCUT2D eigenvalue weighted by molar-refractivity contribution is 8.00. The summed E-state index contributed by atoms with van der Waals surface area (Å²) >= 11 is 3.02. The molecule has 0 aliphatic heterocycles. The zero-order chi connectivity index (χ0) is 14.7. The van der Waals surface area contributed by atoms with E-state index in [2.05, 4.69) is 11.1 Å². The molecular formula is C16H11N3S2. The molecule has 0 spiro atoms. The van der Waals surface area contributed by atoms with Crippen LogP contribution in [0.15, 0.2) is 52.9 Å². The van der Waals surface area contributed by atoms with Gasteiger partial charge in [0.1, 0.15) is 4.67 Å². The SMILES string of the molecule is N#Cc1ccc(CSc2nc3ccccc3c(=N)s2)cc1. The zero-order valence-electron chi connectivity index (χ0n) is 11.0. The van der Waals surface area contributed by atoms with E-state index in [0.717, 1.165) is 26.6 Å². The smallest absolute Gasteiger partial charge is 0.152 e. The molecule has 5 heteroatoms. The lowest BCUT2D eigenvalue weighted by molar-refractivity contribution is 1.25.